The summed E-state index contributed by atoms with van der Waals surface area (Å²) in [4.78, 5) is 6.72. The first-order valence-electron chi connectivity index (χ1n) is 6.53. The molecule has 0 bridgehead atoms. The smallest absolute Gasteiger partial charge is 0.139 e. The molecule has 1 N–H and O–H groups in total. The van der Waals surface area contributed by atoms with Crippen molar-refractivity contribution in [3.8, 4) is 11.3 Å². The van der Waals surface area contributed by atoms with Crippen LogP contribution in [0.1, 0.15) is 5.56 Å². The first-order chi connectivity index (χ1) is 9.67. The number of imidazole rings is 1. The summed E-state index contributed by atoms with van der Waals surface area (Å²) in [6.45, 7) is 0.0671. The summed E-state index contributed by atoms with van der Waals surface area (Å²) in [5.74, 6) is 0. The highest BCUT2D eigenvalue weighted by atomic mass is 16.3. The number of fused-ring (bicyclic) bond motifs is 1. The molecule has 0 spiro atoms. The number of aliphatic hydroxyl groups excluding tert-OH is 1. The molecule has 0 saturated heterocycles. The van der Waals surface area contributed by atoms with Gasteiger partial charge in [0, 0.05) is 43.8 Å². The van der Waals surface area contributed by atoms with Crippen molar-refractivity contribution in [1.82, 2.24) is 9.38 Å². The molecule has 20 heavy (non-hydrogen) atoms. The van der Waals surface area contributed by atoms with E-state index >= 15 is 0 Å². The van der Waals surface area contributed by atoms with E-state index in [1.54, 1.807) is 0 Å². The topological polar surface area (TPSA) is 40.8 Å². The van der Waals surface area contributed by atoms with Gasteiger partial charge < -0.3 is 14.4 Å². The molecule has 0 atom stereocenters. The van der Waals surface area contributed by atoms with E-state index in [0.717, 1.165) is 28.2 Å². The first kappa shape index (κ1) is 12.7. The number of nitrogens with zero attached hydrogens (tertiary/aromatic N) is 3. The minimum Gasteiger partial charge on any atom is -0.392 e. The van der Waals surface area contributed by atoms with Crippen LogP contribution < -0.4 is 4.90 Å². The Bertz CT molecular complexity index is 729. The molecule has 0 fully saturated rings. The molecule has 0 saturated carbocycles. The summed E-state index contributed by atoms with van der Waals surface area (Å²) < 4.78 is 2.02. The van der Waals surface area contributed by atoms with Gasteiger partial charge in [0.15, 0.2) is 0 Å². The number of hydrogen-bond acceptors (Lipinski definition) is 3. The molecule has 0 aliphatic carbocycles. The predicted octanol–water partition coefficient (Wildman–Crippen LogP) is 2.56. The highest BCUT2D eigenvalue weighted by Crippen LogP contribution is 2.22. The molecule has 0 unspecified atom stereocenters. The molecule has 2 heterocycles. The third-order valence-corrected chi connectivity index (χ3v) is 3.39. The van der Waals surface area contributed by atoms with Crippen molar-refractivity contribution in [3.05, 3.63) is 54.4 Å². The fourth-order valence-corrected chi connectivity index (χ4v) is 2.17. The number of anilines is 1. The van der Waals surface area contributed by atoms with Gasteiger partial charge in [-0.2, -0.15) is 0 Å². The monoisotopic (exact) mass is 267 g/mol. The van der Waals surface area contributed by atoms with Gasteiger partial charge in [0.1, 0.15) is 5.65 Å². The molecule has 2 aromatic heterocycles. The lowest BCUT2D eigenvalue weighted by Gasteiger charge is -2.11. The Labute approximate surface area is 117 Å². The maximum Gasteiger partial charge on any atom is 0.139 e. The molecule has 0 aliphatic rings. The fourth-order valence-electron chi connectivity index (χ4n) is 2.17. The number of hydrogen-bond donors (Lipinski definition) is 1. The molecule has 0 aliphatic heterocycles. The van der Waals surface area contributed by atoms with Crippen LogP contribution in [0.5, 0.6) is 0 Å². The van der Waals surface area contributed by atoms with Crippen LogP contribution in [0.4, 0.5) is 5.69 Å². The molecule has 0 amide bonds. The standard InChI is InChI=1S/C16H17N3O/c1-18(2)14-7-8-19-10-15(17-16(19)9-14)13-5-3-12(11-20)4-6-13/h3-10,20H,11H2,1-2H3. The lowest BCUT2D eigenvalue weighted by atomic mass is 10.1. The van der Waals surface area contributed by atoms with Crippen LogP contribution in [0.3, 0.4) is 0 Å². The van der Waals surface area contributed by atoms with E-state index in [4.69, 9.17) is 5.11 Å². The van der Waals surface area contributed by atoms with Gasteiger partial charge in [-0.3, -0.25) is 0 Å². The Kier molecular flexibility index (Phi) is 3.16. The molecule has 0 radical (unpaired) electrons. The predicted molar refractivity (Wildman–Crippen MR) is 80.9 cm³/mol. The van der Waals surface area contributed by atoms with Crippen molar-refractivity contribution in [2.24, 2.45) is 0 Å². The molecular formula is C16H17N3O. The van der Waals surface area contributed by atoms with E-state index < -0.39 is 0 Å². The van der Waals surface area contributed by atoms with E-state index in [0.29, 0.717) is 0 Å². The van der Waals surface area contributed by atoms with Gasteiger partial charge in [0.25, 0.3) is 0 Å². The van der Waals surface area contributed by atoms with Crippen LogP contribution >= 0.6 is 0 Å². The second-order valence-corrected chi connectivity index (χ2v) is 5.03. The Balaban J connectivity index is 2.03. The number of aliphatic hydroxyl groups is 1. The third kappa shape index (κ3) is 2.26. The van der Waals surface area contributed by atoms with Crippen LogP contribution in [0, 0.1) is 0 Å². The fraction of sp³-hybridized carbons (Fsp3) is 0.188. The summed E-state index contributed by atoms with van der Waals surface area (Å²) in [7, 11) is 4.03. The van der Waals surface area contributed by atoms with Crippen LogP contribution in [-0.2, 0) is 6.61 Å². The molecule has 1 aromatic carbocycles. The zero-order valence-electron chi connectivity index (χ0n) is 11.6. The quantitative estimate of drug-likeness (QED) is 0.793. The van der Waals surface area contributed by atoms with Gasteiger partial charge in [-0.25, -0.2) is 4.98 Å². The summed E-state index contributed by atoms with van der Waals surface area (Å²) in [6, 6.07) is 11.9. The van der Waals surface area contributed by atoms with Crippen LogP contribution in [0.2, 0.25) is 0 Å². The Morgan fingerprint density at radius 3 is 2.55 bits per heavy atom. The SMILES string of the molecule is CN(C)c1ccn2cc(-c3ccc(CO)cc3)nc2c1. The van der Waals surface area contributed by atoms with Gasteiger partial charge in [-0.05, 0) is 11.6 Å². The summed E-state index contributed by atoms with van der Waals surface area (Å²) in [5.41, 5.74) is 4.96. The Morgan fingerprint density at radius 2 is 1.90 bits per heavy atom. The molecular weight excluding hydrogens is 250 g/mol. The van der Waals surface area contributed by atoms with Crippen LogP contribution in [-0.4, -0.2) is 28.6 Å². The normalized spacial score (nSPS) is 10.9. The number of pyridine rings is 1. The number of rotatable bonds is 3. The molecule has 4 nitrogen and oxygen atoms in total. The largest absolute Gasteiger partial charge is 0.392 e. The van der Waals surface area contributed by atoms with Crippen molar-refractivity contribution >= 4 is 11.3 Å². The number of aromatic nitrogens is 2. The van der Waals surface area contributed by atoms with Crippen molar-refractivity contribution in [2.45, 2.75) is 6.61 Å². The average Bonchev–Trinajstić information content (AvgIpc) is 2.90. The second kappa shape index (κ2) is 4.98. The van der Waals surface area contributed by atoms with Gasteiger partial charge in [0.2, 0.25) is 0 Å². The van der Waals surface area contributed by atoms with Gasteiger partial charge >= 0.3 is 0 Å². The minimum atomic E-state index is 0.0671. The van der Waals surface area contributed by atoms with E-state index in [1.165, 1.54) is 0 Å². The maximum absolute atomic E-state index is 9.07. The molecule has 4 heteroatoms. The number of benzene rings is 1. The van der Waals surface area contributed by atoms with Crippen LogP contribution in [0.15, 0.2) is 48.8 Å². The molecule has 3 aromatic rings. The van der Waals surface area contributed by atoms with E-state index in [2.05, 4.69) is 22.0 Å². The third-order valence-electron chi connectivity index (χ3n) is 3.39. The van der Waals surface area contributed by atoms with Crippen molar-refractivity contribution in [3.63, 3.8) is 0 Å². The zero-order chi connectivity index (χ0) is 14.1. The summed E-state index contributed by atoms with van der Waals surface area (Å²) in [6.07, 6.45) is 4.03. The Morgan fingerprint density at radius 1 is 1.15 bits per heavy atom. The second-order valence-electron chi connectivity index (χ2n) is 5.03. The average molecular weight is 267 g/mol. The highest BCUT2D eigenvalue weighted by Gasteiger charge is 2.05. The van der Waals surface area contributed by atoms with Crippen molar-refractivity contribution in [1.29, 1.82) is 0 Å². The van der Waals surface area contributed by atoms with E-state index in [9.17, 15) is 0 Å². The lowest BCUT2D eigenvalue weighted by molar-refractivity contribution is 0.282. The molecule has 102 valence electrons. The maximum atomic E-state index is 9.07. The Hall–Kier alpha value is -2.33. The van der Waals surface area contributed by atoms with Gasteiger partial charge in [-0.1, -0.05) is 24.3 Å². The van der Waals surface area contributed by atoms with Crippen molar-refractivity contribution in [2.75, 3.05) is 19.0 Å². The molecule has 3 rings (SSSR count). The van der Waals surface area contributed by atoms with Crippen molar-refractivity contribution < 1.29 is 5.11 Å². The minimum absolute atomic E-state index is 0.0671. The van der Waals surface area contributed by atoms with Gasteiger partial charge in [0.05, 0.1) is 12.3 Å². The first-order valence-corrected chi connectivity index (χ1v) is 6.53. The van der Waals surface area contributed by atoms with E-state index in [1.807, 2.05) is 55.2 Å². The lowest BCUT2D eigenvalue weighted by Crippen LogP contribution is -2.08. The summed E-state index contributed by atoms with van der Waals surface area (Å²) >= 11 is 0. The zero-order valence-corrected chi connectivity index (χ0v) is 11.6. The highest BCUT2D eigenvalue weighted by molar-refractivity contribution is 5.65. The summed E-state index contributed by atoms with van der Waals surface area (Å²) in [5, 5.41) is 9.07. The van der Waals surface area contributed by atoms with Gasteiger partial charge in [-0.15, -0.1) is 0 Å². The van der Waals surface area contributed by atoms with Crippen LogP contribution in [0.25, 0.3) is 16.9 Å². The van der Waals surface area contributed by atoms with E-state index in [-0.39, 0.29) is 6.61 Å².